The average molecular weight is 330 g/mol. The van der Waals surface area contributed by atoms with E-state index in [0.717, 1.165) is 0 Å². The molecule has 8 heteroatoms. The topological polar surface area (TPSA) is 78.1 Å². The molecule has 21 heavy (non-hydrogen) atoms. The zero-order valence-electron chi connectivity index (χ0n) is 11.1. The molecule has 0 saturated heterocycles. The minimum atomic E-state index is -0.790. The first-order valence-electron chi connectivity index (χ1n) is 5.73. The van der Waals surface area contributed by atoms with Crippen LogP contribution in [0.1, 0.15) is 16.1 Å². The van der Waals surface area contributed by atoms with Crippen molar-refractivity contribution in [1.82, 2.24) is 9.97 Å². The smallest absolute Gasteiger partial charge is 0.358 e. The van der Waals surface area contributed by atoms with E-state index in [9.17, 15) is 9.18 Å². The van der Waals surface area contributed by atoms with Gasteiger partial charge >= 0.3 is 5.97 Å². The fraction of sp³-hybridized carbons (Fsp3) is 0.154. The summed E-state index contributed by atoms with van der Waals surface area (Å²) in [7, 11) is 1.17. The Morgan fingerprint density at radius 2 is 2.00 bits per heavy atom. The van der Waals surface area contributed by atoms with Gasteiger partial charge in [0.2, 0.25) is 0 Å². The van der Waals surface area contributed by atoms with Crippen LogP contribution in [0.2, 0.25) is 10.0 Å². The Morgan fingerprint density at radius 3 is 2.62 bits per heavy atom. The fourth-order valence-electron chi connectivity index (χ4n) is 1.65. The SMILES string of the molecule is COC(=O)c1nc(-c2ccc(Cl)c(C)c2F)nc(N)c1Cl. The number of nitrogens with two attached hydrogens (primary N) is 1. The Bertz CT molecular complexity index is 738. The van der Waals surface area contributed by atoms with Crippen molar-refractivity contribution in [1.29, 1.82) is 0 Å². The number of halogens is 3. The Labute approximate surface area is 129 Å². The molecule has 0 amide bonds. The highest BCUT2D eigenvalue weighted by molar-refractivity contribution is 6.35. The monoisotopic (exact) mass is 329 g/mol. The van der Waals surface area contributed by atoms with E-state index in [1.54, 1.807) is 0 Å². The standard InChI is InChI=1S/C13H10Cl2FN3O2/c1-5-7(14)4-3-6(9(5)16)12-18-10(13(20)21-2)8(15)11(17)19-12/h3-4H,1-2H3,(H2,17,18,19). The van der Waals surface area contributed by atoms with Crippen molar-refractivity contribution in [2.75, 3.05) is 12.8 Å². The van der Waals surface area contributed by atoms with Crippen LogP contribution < -0.4 is 5.73 Å². The van der Waals surface area contributed by atoms with Crippen LogP contribution in [0.4, 0.5) is 10.2 Å². The highest BCUT2D eigenvalue weighted by Crippen LogP contribution is 2.30. The maximum absolute atomic E-state index is 14.2. The van der Waals surface area contributed by atoms with E-state index in [0.29, 0.717) is 0 Å². The number of hydrogen-bond donors (Lipinski definition) is 1. The van der Waals surface area contributed by atoms with Crippen molar-refractivity contribution < 1.29 is 13.9 Å². The summed E-state index contributed by atoms with van der Waals surface area (Å²) in [6.45, 7) is 1.52. The number of rotatable bonds is 2. The van der Waals surface area contributed by atoms with Crippen molar-refractivity contribution in [2.24, 2.45) is 0 Å². The van der Waals surface area contributed by atoms with Gasteiger partial charge in [0.25, 0.3) is 0 Å². The third kappa shape index (κ3) is 2.77. The third-order valence-corrected chi connectivity index (χ3v) is 3.60. The summed E-state index contributed by atoms with van der Waals surface area (Å²) in [5.41, 5.74) is 5.70. The highest BCUT2D eigenvalue weighted by atomic mass is 35.5. The number of carbonyl (C=O) groups excluding carboxylic acids is 1. The summed E-state index contributed by atoms with van der Waals surface area (Å²) >= 11 is 11.7. The van der Waals surface area contributed by atoms with Crippen molar-refractivity contribution in [2.45, 2.75) is 6.92 Å². The van der Waals surface area contributed by atoms with Gasteiger partial charge in [-0.15, -0.1) is 0 Å². The molecule has 0 aliphatic carbocycles. The van der Waals surface area contributed by atoms with Gasteiger partial charge in [0.15, 0.2) is 11.5 Å². The molecule has 2 rings (SSSR count). The normalized spacial score (nSPS) is 10.5. The summed E-state index contributed by atoms with van der Waals surface area (Å²) < 4.78 is 18.8. The fourth-order valence-corrected chi connectivity index (χ4v) is 1.96. The second-order valence-corrected chi connectivity index (χ2v) is 4.91. The second-order valence-electron chi connectivity index (χ2n) is 4.12. The van der Waals surface area contributed by atoms with E-state index in [1.165, 1.54) is 26.2 Å². The summed E-state index contributed by atoms with van der Waals surface area (Å²) in [5, 5.41) is 0.128. The van der Waals surface area contributed by atoms with Gasteiger partial charge < -0.3 is 10.5 Å². The molecule has 0 saturated carbocycles. The summed E-state index contributed by atoms with van der Waals surface area (Å²) in [5.74, 6) is -1.61. The van der Waals surface area contributed by atoms with Gasteiger partial charge in [-0.2, -0.15) is 0 Å². The van der Waals surface area contributed by atoms with Gasteiger partial charge in [-0.3, -0.25) is 0 Å². The zero-order chi connectivity index (χ0) is 15.7. The van der Waals surface area contributed by atoms with Gasteiger partial charge in [0.05, 0.1) is 12.7 Å². The molecular formula is C13H10Cl2FN3O2. The maximum atomic E-state index is 14.2. The average Bonchev–Trinajstić information content (AvgIpc) is 2.47. The number of ether oxygens (including phenoxy) is 1. The Hall–Kier alpha value is -1.92. The predicted octanol–water partition coefficient (Wildman–Crippen LogP) is 3.27. The second kappa shape index (κ2) is 5.83. The quantitative estimate of drug-likeness (QED) is 0.855. The molecule has 1 heterocycles. The molecule has 0 bridgehead atoms. The van der Waals surface area contributed by atoms with E-state index >= 15 is 0 Å². The van der Waals surface area contributed by atoms with Gasteiger partial charge in [0.1, 0.15) is 16.7 Å². The van der Waals surface area contributed by atoms with Crippen molar-refractivity contribution in [3.05, 3.63) is 39.3 Å². The summed E-state index contributed by atoms with van der Waals surface area (Å²) in [6, 6.07) is 2.90. The van der Waals surface area contributed by atoms with Crippen LogP contribution in [-0.4, -0.2) is 23.0 Å². The molecule has 0 unspecified atom stereocenters. The molecule has 2 aromatic rings. The first-order valence-corrected chi connectivity index (χ1v) is 6.48. The molecule has 110 valence electrons. The Kier molecular flexibility index (Phi) is 4.29. The molecule has 1 aromatic carbocycles. The van der Waals surface area contributed by atoms with Crippen LogP contribution in [0.5, 0.6) is 0 Å². The van der Waals surface area contributed by atoms with Crippen LogP contribution in [0, 0.1) is 12.7 Å². The van der Waals surface area contributed by atoms with Crippen LogP contribution in [0.25, 0.3) is 11.4 Å². The first-order chi connectivity index (χ1) is 9.86. The van der Waals surface area contributed by atoms with Crippen molar-refractivity contribution in [3.8, 4) is 11.4 Å². The molecule has 2 N–H and O–H groups in total. The molecule has 0 atom stereocenters. The molecule has 1 aromatic heterocycles. The van der Waals surface area contributed by atoms with E-state index in [-0.39, 0.29) is 38.5 Å². The summed E-state index contributed by atoms with van der Waals surface area (Å²) in [4.78, 5) is 19.4. The number of nitrogen functional groups attached to an aromatic ring is 1. The van der Waals surface area contributed by atoms with E-state index in [1.807, 2.05) is 0 Å². The lowest BCUT2D eigenvalue weighted by molar-refractivity contribution is 0.0594. The Morgan fingerprint density at radius 1 is 1.33 bits per heavy atom. The summed E-state index contributed by atoms with van der Waals surface area (Å²) in [6.07, 6.45) is 0. The number of aromatic nitrogens is 2. The van der Waals surface area contributed by atoms with Crippen molar-refractivity contribution >= 4 is 35.0 Å². The van der Waals surface area contributed by atoms with E-state index in [2.05, 4.69) is 14.7 Å². The molecule has 0 aliphatic heterocycles. The van der Waals surface area contributed by atoms with Crippen LogP contribution in [-0.2, 0) is 4.74 Å². The molecular weight excluding hydrogens is 320 g/mol. The van der Waals surface area contributed by atoms with Crippen molar-refractivity contribution in [3.63, 3.8) is 0 Å². The van der Waals surface area contributed by atoms with Crippen LogP contribution in [0.3, 0.4) is 0 Å². The molecule has 0 radical (unpaired) electrons. The number of benzene rings is 1. The van der Waals surface area contributed by atoms with Gasteiger partial charge in [0, 0.05) is 10.6 Å². The third-order valence-electron chi connectivity index (χ3n) is 2.82. The Balaban J connectivity index is 2.68. The molecule has 0 fully saturated rings. The molecule has 5 nitrogen and oxygen atoms in total. The van der Waals surface area contributed by atoms with Gasteiger partial charge in [-0.05, 0) is 19.1 Å². The minimum absolute atomic E-state index is 0.0606. The number of nitrogens with zero attached hydrogens (tertiary/aromatic N) is 2. The van der Waals surface area contributed by atoms with Gasteiger partial charge in [-0.25, -0.2) is 19.2 Å². The van der Waals surface area contributed by atoms with Crippen LogP contribution in [0.15, 0.2) is 12.1 Å². The molecule has 0 aliphatic rings. The lowest BCUT2D eigenvalue weighted by Gasteiger charge is -2.09. The van der Waals surface area contributed by atoms with Crippen LogP contribution >= 0.6 is 23.2 Å². The van der Waals surface area contributed by atoms with E-state index in [4.69, 9.17) is 28.9 Å². The molecule has 0 spiro atoms. The number of carbonyl (C=O) groups is 1. The number of esters is 1. The lowest BCUT2D eigenvalue weighted by atomic mass is 10.1. The van der Waals surface area contributed by atoms with E-state index < -0.39 is 11.8 Å². The van der Waals surface area contributed by atoms with Gasteiger partial charge in [-0.1, -0.05) is 23.2 Å². The maximum Gasteiger partial charge on any atom is 0.358 e. The largest absolute Gasteiger partial charge is 0.464 e. The number of anilines is 1. The number of methoxy groups -OCH3 is 1. The minimum Gasteiger partial charge on any atom is -0.464 e. The zero-order valence-corrected chi connectivity index (χ0v) is 12.6. The first kappa shape index (κ1) is 15.5. The predicted molar refractivity (Wildman–Crippen MR) is 77.9 cm³/mol. The highest BCUT2D eigenvalue weighted by Gasteiger charge is 2.21. The number of hydrogen-bond acceptors (Lipinski definition) is 5. The lowest BCUT2D eigenvalue weighted by Crippen LogP contribution is -2.10.